The van der Waals surface area contributed by atoms with Gasteiger partial charge < -0.3 is 0 Å². The molecule has 0 radical (unpaired) electrons. The van der Waals surface area contributed by atoms with Gasteiger partial charge in [0.25, 0.3) is 5.91 Å². The number of carbonyl (C=O) groups excluding carboxylic acids is 1. The maximum atomic E-state index is 10.5. The van der Waals surface area contributed by atoms with Gasteiger partial charge in [0.15, 0.2) is 0 Å². The number of nitrogens with zero attached hydrogens (tertiary/aromatic N) is 1. The molecule has 4 heteroatoms. The Morgan fingerprint density at radius 2 is 2.62 bits per heavy atom. The van der Waals surface area contributed by atoms with E-state index in [0.717, 1.165) is 0 Å². The van der Waals surface area contributed by atoms with Crippen molar-refractivity contribution in [2.75, 3.05) is 0 Å². The van der Waals surface area contributed by atoms with E-state index in [-0.39, 0.29) is 11.9 Å². The molecular formula is C4H7N3O. The van der Waals surface area contributed by atoms with Crippen LogP contribution in [0.2, 0.25) is 0 Å². The van der Waals surface area contributed by atoms with Crippen LogP contribution in [0.3, 0.4) is 0 Å². The molecule has 1 rings (SSSR count). The first-order valence-electron chi connectivity index (χ1n) is 2.38. The number of nitrogens with one attached hydrogen (secondary N) is 2. The summed E-state index contributed by atoms with van der Waals surface area (Å²) in [6, 6.07) is -0.240. The first-order chi connectivity index (χ1) is 3.80. The van der Waals surface area contributed by atoms with Crippen LogP contribution < -0.4 is 10.9 Å². The normalized spacial score (nSPS) is 26.6. The van der Waals surface area contributed by atoms with Crippen LogP contribution in [0.25, 0.3) is 0 Å². The van der Waals surface area contributed by atoms with Crippen molar-refractivity contribution in [1.29, 1.82) is 0 Å². The van der Waals surface area contributed by atoms with E-state index >= 15 is 0 Å². The van der Waals surface area contributed by atoms with Gasteiger partial charge in [0.05, 0.1) is 0 Å². The molecule has 1 heterocycles. The zero-order valence-corrected chi connectivity index (χ0v) is 4.51. The Labute approximate surface area is 47.0 Å². The van der Waals surface area contributed by atoms with Gasteiger partial charge in [-0.05, 0) is 6.92 Å². The van der Waals surface area contributed by atoms with Gasteiger partial charge in [-0.1, -0.05) is 0 Å². The molecule has 1 atom stereocenters. The molecule has 0 aliphatic carbocycles. The highest BCUT2D eigenvalue weighted by atomic mass is 16.2. The molecule has 0 saturated carbocycles. The summed E-state index contributed by atoms with van der Waals surface area (Å²) in [6.07, 6.45) is 1.46. The Morgan fingerprint density at radius 1 is 1.88 bits per heavy atom. The summed E-state index contributed by atoms with van der Waals surface area (Å²) in [5.41, 5.74) is 4.87. The molecule has 2 N–H and O–H groups in total. The Morgan fingerprint density at radius 3 is 3.00 bits per heavy atom. The Kier molecular flexibility index (Phi) is 1.15. The fraction of sp³-hybridized carbons (Fsp3) is 0.500. The van der Waals surface area contributed by atoms with Gasteiger partial charge in [-0.25, -0.2) is 0 Å². The second-order valence-electron chi connectivity index (χ2n) is 1.59. The molecule has 1 aliphatic rings. The van der Waals surface area contributed by atoms with Crippen LogP contribution in [0.15, 0.2) is 4.99 Å². The summed E-state index contributed by atoms with van der Waals surface area (Å²) < 4.78 is 0. The number of hydrogen-bond acceptors (Lipinski definition) is 3. The van der Waals surface area contributed by atoms with Crippen molar-refractivity contribution in [3.8, 4) is 0 Å². The number of amides is 1. The van der Waals surface area contributed by atoms with Crippen molar-refractivity contribution >= 4 is 12.2 Å². The predicted molar refractivity (Wildman–Crippen MR) is 29.2 cm³/mol. The third-order valence-corrected chi connectivity index (χ3v) is 0.938. The van der Waals surface area contributed by atoms with Crippen LogP contribution in [0.5, 0.6) is 0 Å². The zero-order chi connectivity index (χ0) is 5.98. The quantitative estimate of drug-likeness (QED) is 0.425. The Bertz CT molecular complexity index is 131. The average molecular weight is 113 g/mol. The van der Waals surface area contributed by atoms with Crippen molar-refractivity contribution in [1.82, 2.24) is 10.9 Å². The first-order valence-corrected chi connectivity index (χ1v) is 2.38. The van der Waals surface area contributed by atoms with Crippen LogP contribution in [-0.2, 0) is 4.79 Å². The fourth-order valence-electron chi connectivity index (χ4n) is 0.425. The zero-order valence-electron chi connectivity index (χ0n) is 4.51. The predicted octanol–water partition coefficient (Wildman–Crippen LogP) is -0.962. The minimum absolute atomic E-state index is 0.0903. The number of aliphatic imine (C=N–C) groups is 1. The van der Waals surface area contributed by atoms with Gasteiger partial charge in [-0.15, -0.1) is 0 Å². The second kappa shape index (κ2) is 1.81. The molecule has 1 aliphatic heterocycles. The summed E-state index contributed by atoms with van der Waals surface area (Å²) in [7, 11) is 0. The van der Waals surface area contributed by atoms with E-state index in [4.69, 9.17) is 0 Å². The summed E-state index contributed by atoms with van der Waals surface area (Å²) >= 11 is 0. The number of rotatable bonds is 0. The number of hydrogen-bond donors (Lipinski definition) is 2. The van der Waals surface area contributed by atoms with Crippen LogP contribution in [0.1, 0.15) is 6.92 Å². The SMILES string of the molecule is CC1N=CNNC1=O. The van der Waals surface area contributed by atoms with Crippen LogP contribution in [0.4, 0.5) is 0 Å². The lowest BCUT2D eigenvalue weighted by atomic mass is 10.3. The van der Waals surface area contributed by atoms with Crippen LogP contribution in [0, 0.1) is 0 Å². The molecule has 0 aromatic rings. The lowest BCUT2D eigenvalue weighted by Gasteiger charge is -2.11. The molecule has 44 valence electrons. The van der Waals surface area contributed by atoms with Gasteiger partial charge in [0.2, 0.25) is 0 Å². The van der Waals surface area contributed by atoms with E-state index in [1.807, 2.05) is 0 Å². The first kappa shape index (κ1) is 5.08. The standard InChI is InChI=1S/C4H7N3O/c1-3-4(8)7-6-2-5-3/h2-3H,1H3,(H,5,6)(H,7,8). The summed E-state index contributed by atoms with van der Waals surface area (Å²) in [5.74, 6) is -0.0903. The molecule has 1 amide bonds. The van der Waals surface area contributed by atoms with Crippen molar-refractivity contribution in [3.05, 3.63) is 0 Å². The van der Waals surface area contributed by atoms with Crippen LogP contribution >= 0.6 is 0 Å². The van der Waals surface area contributed by atoms with E-state index in [2.05, 4.69) is 15.8 Å². The van der Waals surface area contributed by atoms with E-state index in [1.165, 1.54) is 6.34 Å². The monoisotopic (exact) mass is 113 g/mol. The molecule has 0 aromatic heterocycles. The molecule has 0 saturated heterocycles. The molecule has 0 aromatic carbocycles. The third kappa shape index (κ3) is 0.776. The number of hydrazine groups is 1. The molecule has 0 fully saturated rings. The van der Waals surface area contributed by atoms with Crippen LogP contribution in [-0.4, -0.2) is 18.3 Å². The molecule has 0 spiro atoms. The van der Waals surface area contributed by atoms with Gasteiger partial charge in [-0.3, -0.25) is 20.6 Å². The molecule has 4 nitrogen and oxygen atoms in total. The molecule has 8 heavy (non-hydrogen) atoms. The Hall–Kier alpha value is -1.06. The second-order valence-corrected chi connectivity index (χ2v) is 1.59. The van der Waals surface area contributed by atoms with Crippen molar-refractivity contribution in [3.63, 3.8) is 0 Å². The van der Waals surface area contributed by atoms with E-state index < -0.39 is 0 Å². The topological polar surface area (TPSA) is 53.5 Å². The van der Waals surface area contributed by atoms with Gasteiger partial charge in [-0.2, -0.15) is 0 Å². The van der Waals surface area contributed by atoms with Gasteiger partial charge in [0.1, 0.15) is 12.4 Å². The Balaban J connectivity index is 2.60. The fourth-order valence-corrected chi connectivity index (χ4v) is 0.425. The highest BCUT2D eigenvalue weighted by Gasteiger charge is 2.11. The summed E-state index contributed by atoms with van der Waals surface area (Å²) in [6.45, 7) is 1.73. The lowest BCUT2D eigenvalue weighted by molar-refractivity contribution is -0.122. The van der Waals surface area contributed by atoms with Gasteiger partial charge >= 0.3 is 0 Å². The van der Waals surface area contributed by atoms with Crippen molar-refractivity contribution in [2.45, 2.75) is 13.0 Å². The third-order valence-electron chi connectivity index (χ3n) is 0.938. The largest absolute Gasteiger partial charge is 0.288 e. The molecular weight excluding hydrogens is 106 g/mol. The average Bonchev–Trinajstić information content (AvgIpc) is 1.77. The lowest BCUT2D eigenvalue weighted by Crippen LogP contribution is -2.45. The summed E-state index contributed by atoms with van der Waals surface area (Å²) in [5, 5.41) is 0. The van der Waals surface area contributed by atoms with E-state index in [1.54, 1.807) is 6.92 Å². The van der Waals surface area contributed by atoms with E-state index in [9.17, 15) is 4.79 Å². The van der Waals surface area contributed by atoms with Crippen molar-refractivity contribution in [2.24, 2.45) is 4.99 Å². The summed E-state index contributed by atoms with van der Waals surface area (Å²) in [4.78, 5) is 14.3. The van der Waals surface area contributed by atoms with E-state index in [0.29, 0.717) is 0 Å². The van der Waals surface area contributed by atoms with Gasteiger partial charge in [0, 0.05) is 0 Å². The minimum Gasteiger partial charge on any atom is -0.288 e. The molecule has 0 bridgehead atoms. The highest BCUT2D eigenvalue weighted by molar-refractivity contribution is 5.85. The maximum absolute atomic E-state index is 10.5. The minimum atomic E-state index is -0.240. The smallest absolute Gasteiger partial charge is 0.262 e. The number of carbonyl (C=O) groups is 1. The van der Waals surface area contributed by atoms with Crippen molar-refractivity contribution < 1.29 is 4.79 Å². The maximum Gasteiger partial charge on any atom is 0.262 e. The highest BCUT2D eigenvalue weighted by Crippen LogP contribution is 1.87. The molecule has 1 unspecified atom stereocenters.